The predicted molar refractivity (Wildman–Crippen MR) is 51.5 cm³/mol. The Morgan fingerprint density at radius 1 is 1.77 bits per heavy atom. The van der Waals surface area contributed by atoms with Crippen LogP contribution in [0.15, 0.2) is 18.3 Å². The zero-order chi connectivity index (χ0) is 9.84. The Morgan fingerprint density at radius 2 is 2.46 bits per heavy atom. The Balaban J connectivity index is 2.75. The molecule has 4 nitrogen and oxygen atoms in total. The molecule has 0 aliphatic rings. The molecule has 0 aliphatic carbocycles. The standard InChI is InChI=1S/C8H10ClN3O/c1-5(10)8(13)12-7-6(9)3-2-4-11-7/h2-5H,10H2,1H3,(H,11,12,13). The minimum atomic E-state index is -0.571. The van der Waals surface area contributed by atoms with Gasteiger partial charge < -0.3 is 11.1 Å². The number of aromatic nitrogens is 1. The van der Waals surface area contributed by atoms with Crippen LogP contribution in [0.3, 0.4) is 0 Å². The molecule has 13 heavy (non-hydrogen) atoms. The third-order valence-corrected chi connectivity index (χ3v) is 1.72. The minimum absolute atomic E-state index is 0.305. The van der Waals surface area contributed by atoms with E-state index in [0.717, 1.165) is 0 Å². The fourth-order valence-corrected chi connectivity index (χ4v) is 0.877. The van der Waals surface area contributed by atoms with Crippen molar-refractivity contribution in [3.8, 4) is 0 Å². The number of nitrogens with one attached hydrogen (secondary N) is 1. The quantitative estimate of drug-likeness (QED) is 0.748. The van der Waals surface area contributed by atoms with Crippen molar-refractivity contribution in [2.24, 2.45) is 5.73 Å². The van der Waals surface area contributed by atoms with Crippen LogP contribution in [0.2, 0.25) is 5.02 Å². The van der Waals surface area contributed by atoms with Crippen LogP contribution < -0.4 is 11.1 Å². The second kappa shape index (κ2) is 4.20. The van der Waals surface area contributed by atoms with Crippen LogP contribution in [0.25, 0.3) is 0 Å². The lowest BCUT2D eigenvalue weighted by atomic mass is 10.3. The zero-order valence-corrected chi connectivity index (χ0v) is 7.88. The number of carbonyl (C=O) groups is 1. The van der Waals surface area contributed by atoms with Crippen molar-refractivity contribution in [3.63, 3.8) is 0 Å². The van der Waals surface area contributed by atoms with Gasteiger partial charge in [0.25, 0.3) is 0 Å². The highest BCUT2D eigenvalue weighted by Gasteiger charge is 2.09. The van der Waals surface area contributed by atoms with Gasteiger partial charge in [-0.25, -0.2) is 4.98 Å². The Kier molecular flexibility index (Phi) is 3.22. The first-order chi connectivity index (χ1) is 6.11. The minimum Gasteiger partial charge on any atom is -0.320 e. The van der Waals surface area contributed by atoms with Crippen LogP contribution in [0.1, 0.15) is 6.92 Å². The predicted octanol–water partition coefficient (Wildman–Crippen LogP) is 1.02. The highest BCUT2D eigenvalue weighted by Crippen LogP contribution is 2.16. The Morgan fingerprint density at radius 3 is 3.00 bits per heavy atom. The molecule has 1 rings (SSSR count). The molecule has 1 atom stereocenters. The van der Waals surface area contributed by atoms with Crippen LogP contribution in [0, 0.1) is 0 Å². The lowest BCUT2D eigenvalue weighted by Gasteiger charge is -2.07. The molecular weight excluding hydrogens is 190 g/mol. The number of hydrogen-bond donors (Lipinski definition) is 2. The highest BCUT2D eigenvalue weighted by atomic mass is 35.5. The molecule has 0 aliphatic heterocycles. The second-order valence-electron chi connectivity index (χ2n) is 2.61. The summed E-state index contributed by atoms with van der Waals surface area (Å²) in [6.07, 6.45) is 1.54. The van der Waals surface area contributed by atoms with E-state index in [-0.39, 0.29) is 5.91 Å². The largest absolute Gasteiger partial charge is 0.320 e. The van der Waals surface area contributed by atoms with Gasteiger partial charge in [-0.3, -0.25) is 4.79 Å². The maximum Gasteiger partial charge on any atom is 0.242 e. The van der Waals surface area contributed by atoms with Crippen molar-refractivity contribution in [1.82, 2.24) is 4.98 Å². The fraction of sp³-hybridized carbons (Fsp3) is 0.250. The van der Waals surface area contributed by atoms with Crippen LogP contribution in [0.4, 0.5) is 5.82 Å². The van der Waals surface area contributed by atoms with Crippen LogP contribution in [-0.2, 0) is 4.79 Å². The molecule has 0 fully saturated rings. The van der Waals surface area contributed by atoms with Gasteiger partial charge in [-0.1, -0.05) is 11.6 Å². The van der Waals surface area contributed by atoms with Gasteiger partial charge in [0.05, 0.1) is 11.1 Å². The van der Waals surface area contributed by atoms with Gasteiger partial charge >= 0.3 is 0 Å². The highest BCUT2D eigenvalue weighted by molar-refractivity contribution is 6.33. The van der Waals surface area contributed by atoms with E-state index >= 15 is 0 Å². The van der Waals surface area contributed by atoms with Crippen molar-refractivity contribution in [3.05, 3.63) is 23.4 Å². The summed E-state index contributed by atoms with van der Waals surface area (Å²) in [5, 5.41) is 2.90. The van der Waals surface area contributed by atoms with Crippen molar-refractivity contribution in [1.29, 1.82) is 0 Å². The van der Waals surface area contributed by atoms with E-state index in [4.69, 9.17) is 17.3 Å². The van der Waals surface area contributed by atoms with Gasteiger partial charge in [-0.2, -0.15) is 0 Å². The number of nitrogens with zero attached hydrogens (tertiary/aromatic N) is 1. The van der Waals surface area contributed by atoms with Gasteiger partial charge in [0.15, 0.2) is 5.82 Å². The summed E-state index contributed by atoms with van der Waals surface area (Å²) in [5.74, 6) is 0.0343. The smallest absolute Gasteiger partial charge is 0.242 e. The molecule has 0 saturated carbocycles. The molecule has 0 bridgehead atoms. The molecular formula is C8H10ClN3O. The van der Waals surface area contributed by atoms with Crippen molar-refractivity contribution < 1.29 is 4.79 Å². The summed E-state index contributed by atoms with van der Waals surface area (Å²) in [4.78, 5) is 15.0. The monoisotopic (exact) mass is 199 g/mol. The van der Waals surface area contributed by atoms with Gasteiger partial charge in [0.1, 0.15) is 0 Å². The summed E-state index contributed by atoms with van der Waals surface area (Å²) in [7, 11) is 0. The molecule has 1 amide bonds. The molecule has 0 aromatic carbocycles. The van der Waals surface area contributed by atoms with Crippen molar-refractivity contribution >= 4 is 23.3 Å². The Bertz CT molecular complexity index is 314. The average molecular weight is 200 g/mol. The number of halogens is 1. The molecule has 0 saturated heterocycles. The van der Waals surface area contributed by atoms with Crippen molar-refractivity contribution in [2.75, 3.05) is 5.32 Å². The van der Waals surface area contributed by atoms with E-state index in [2.05, 4.69) is 10.3 Å². The van der Waals surface area contributed by atoms with Gasteiger partial charge in [-0.15, -0.1) is 0 Å². The van der Waals surface area contributed by atoms with E-state index in [1.165, 1.54) is 0 Å². The third kappa shape index (κ3) is 2.68. The summed E-state index contributed by atoms with van der Waals surface area (Å²) < 4.78 is 0. The first kappa shape index (κ1) is 9.95. The maximum atomic E-state index is 11.1. The number of rotatable bonds is 2. The molecule has 0 spiro atoms. The Hall–Kier alpha value is -1.13. The van der Waals surface area contributed by atoms with Crippen molar-refractivity contribution in [2.45, 2.75) is 13.0 Å². The van der Waals surface area contributed by atoms with Crippen LogP contribution in [0.5, 0.6) is 0 Å². The fourth-order valence-electron chi connectivity index (χ4n) is 0.708. The van der Waals surface area contributed by atoms with Gasteiger partial charge in [-0.05, 0) is 19.1 Å². The SMILES string of the molecule is CC(N)C(=O)Nc1ncccc1Cl. The van der Waals surface area contributed by atoms with Gasteiger partial charge in [0, 0.05) is 6.20 Å². The van der Waals surface area contributed by atoms with E-state index in [1.54, 1.807) is 25.3 Å². The number of nitrogens with two attached hydrogens (primary N) is 1. The van der Waals surface area contributed by atoms with Crippen LogP contribution in [-0.4, -0.2) is 16.9 Å². The first-order valence-corrected chi connectivity index (χ1v) is 4.16. The number of hydrogen-bond acceptors (Lipinski definition) is 3. The molecule has 70 valence electrons. The molecule has 1 heterocycles. The molecule has 5 heteroatoms. The van der Waals surface area contributed by atoms with Crippen LogP contribution >= 0.6 is 11.6 Å². The summed E-state index contributed by atoms with van der Waals surface area (Å²) in [6, 6.07) is 2.76. The lowest BCUT2D eigenvalue weighted by molar-refractivity contribution is -0.117. The van der Waals surface area contributed by atoms with E-state index in [0.29, 0.717) is 10.8 Å². The second-order valence-corrected chi connectivity index (χ2v) is 3.02. The molecule has 1 unspecified atom stereocenters. The molecule has 0 radical (unpaired) electrons. The van der Waals surface area contributed by atoms with E-state index < -0.39 is 6.04 Å². The van der Waals surface area contributed by atoms with E-state index in [9.17, 15) is 4.79 Å². The molecule has 1 aromatic rings. The first-order valence-electron chi connectivity index (χ1n) is 3.78. The topological polar surface area (TPSA) is 68.0 Å². The summed E-state index contributed by atoms with van der Waals surface area (Å²) in [6.45, 7) is 1.59. The number of pyridine rings is 1. The average Bonchev–Trinajstić information content (AvgIpc) is 2.08. The number of anilines is 1. The Labute approximate surface area is 81.1 Å². The summed E-state index contributed by atoms with van der Waals surface area (Å²) in [5.41, 5.74) is 5.35. The third-order valence-electron chi connectivity index (χ3n) is 1.41. The number of amides is 1. The normalized spacial score (nSPS) is 12.2. The summed E-state index contributed by atoms with van der Waals surface area (Å²) >= 11 is 5.75. The molecule has 1 aromatic heterocycles. The zero-order valence-electron chi connectivity index (χ0n) is 7.12. The molecule has 3 N–H and O–H groups in total. The van der Waals surface area contributed by atoms with Gasteiger partial charge in [0.2, 0.25) is 5.91 Å². The lowest BCUT2D eigenvalue weighted by Crippen LogP contribution is -2.32. The number of carbonyl (C=O) groups excluding carboxylic acids is 1. The maximum absolute atomic E-state index is 11.1. The van der Waals surface area contributed by atoms with E-state index in [1.807, 2.05) is 0 Å².